The molecule has 0 fully saturated rings. The van der Waals surface area contributed by atoms with Crippen molar-refractivity contribution in [1.29, 1.82) is 0 Å². The van der Waals surface area contributed by atoms with Crippen LogP contribution >= 0.6 is 11.6 Å². The highest BCUT2D eigenvalue weighted by Crippen LogP contribution is 2.34. The summed E-state index contributed by atoms with van der Waals surface area (Å²) in [7, 11) is 0. The van der Waals surface area contributed by atoms with Gasteiger partial charge in [-0.05, 0) is 42.8 Å². The number of aryl methyl sites for hydroxylation is 1. The maximum absolute atomic E-state index is 12.4. The highest BCUT2D eigenvalue weighted by atomic mass is 35.5. The third-order valence-electron chi connectivity index (χ3n) is 4.17. The van der Waals surface area contributed by atoms with Gasteiger partial charge < -0.3 is 9.26 Å². The van der Waals surface area contributed by atoms with Crippen LogP contribution in [-0.2, 0) is 6.54 Å². The highest BCUT2D eigenvalue weighted by molar-refractivity contribution is 6.32. The molecule has 29 heavy (non-hydrogen) atoms. The van der Waals surface area contributed by atoms with Gasteiger partial charge in [0.1, 0.15) is 5.75 Å². The van der Waals surface area contributed by atoms with Gasteiger partial charge in [0.05, 0.1) is 16.7 Å². The fraction of sp³-hybridized carbons (Fsp3) is 0.211. The number of nitrogens with zero attached hydrogens (tertiary/aromatic N) is 4. The van der Waals surface area contributed by atoms with Gasteiger partial charge in [0.15, 0.2) is 0 Å². The van der Waals surface area contributed by atoms with Gasteiger partial charge in [0.2, 0.25) is 5.82 Å². The van der Waals surface area contributed by atoms with Gasteiger partial charge in [-0.25, -0.2) is 0 Å². The Hall–Kier alpha value is -3.07. The lowest BCUT2D eigenvalue weighted by atomic mass is 10.1. The molecule has 2 heterocycles. The van der Waals surface area contributed by atoms with Crippen molar-refractivity contribution in [2.45, 2.75) is 26.3 Å². The smallest absolute Gasteiger partial charge is 0.404 e. The Morgan fingerprint density at radius 2 is 1.93 bits per heavy atom. The summed E-state index contributed by atoms with van der Waals surface area (Å²) in [5, 5.41) is 9.04. The monoisotopic (exact) mass is 422 g/mol. The molecule has 0 radical (unpaired) electrons. The topological polar surface area (TPSA) is 66.0 Å². The third kappa shape index (κ3) is 4.04. The first-order chi connectivity index (χ1) is 13.8. The Balaban J connectivity index is 1.61. The maximum Gasteiger partial charge on any atom is 0.573 e. The number of benzene rings is 2. The van der Waals surface area contributed by atoms with Gasteiger partial charge in [-0.15, -0.1) is 13.2 Å². The van der Waals surface area contributed by atoms with E-state index in [1.807, 2.05) is 22.9 Å². The Bertz CT molecular complexity index is 1170. The van der Waals surface area contributed by atoms with Crippen LogP contribution in [0.1, 0.15) is 13.3 Å². The Morgan fingerprint density at radius 1 is 1.14 bits per heavy atom. The number of hydrogen-bond acceptors (Lipinski definition) is 5. The fourth-order valence-electron chi connectivity index (χ4n) is 2.92. The molecule has 6 nitrogen and oxygen atoms in total. The number of halogens is 4. The van der Waals surface area contributed by atoms with Crippen molar-refractivity contribution in [2.24, 2.45) is 0 Å². The fourth-order valence-corrected chi connectivity index (χ4v) is 3.13. The van der Waals surface area contributed by atoms with Crippen LogP contribution in [0.25, 0.3) is 33.7 Å². The van der Waals surface area contributed by atoms with Crippen molar-refractivity contribution in [1.82, 2.24) is 19.9 Å². The molecule has 0 amide bonds. The van der Waals surface area contributed by atoms with Crippen LogP contribution in [0.3, 0.4) is 0 Å². The van der Waals surface area contributed by atoms with E-state index in [0.717, 1.165) is 35.5 Å². The summed E-state index contributed by atoms with van der Waals surface area (Å²) in [6, 6.07) is 9.43. The van der Waals surface area contributed by atoms with Crippen molar-refractivity contribution in [3.63, 3.8) is 0 Å². The zero-order valence-corrected chi connectivity index (χ0v) is 15.8. The van der Waals surface area contributed by atoms with Gasteiger partial charge in [0, 0.05) is 23.1 Å². The molecule has 0 aliphatic carbocycles. The molecule has 2 aromatic carbocycles. The van der Waals surface area contributed by atoms with E-state index >= 15 is 0 Å². The van der Waals surface area contributed by atoms with Crippen LogP contribution in [0.4, 0.5) is 13.2 Å². The van der Waals surface area contributed by atoms with E-state index in [1.165, 1.54) is 12.1 Å². The molecule has 0 unspecified atom stereocenters. The summed E-state index contributed by atoms with van der Waals surface area (Å²) in [5.41, 5.74) is 2.11. The molecule has 0 aliphatic rings. The summed E-state index contributed by atoms with van der Waals surface area (Å²) < 4.78 is 48.1. The lowest BCUT2D eigenvalue weighted by Gasteiger charge is -2.10. The van der Waals surface area contributed by atoms with Crippen molar-refractivity contribution in [3.8, 4) is 28.6 Å². The van der Waals surface area contributed by atoms with Gasteiger partial charge >= 0.3 is 6.36 Å². The molecular weight excluding hydrogens is 409 g/mol. The van der Waals surface area contributed by atoms with E-state index in [2.05, 4.69) is 26.9 Å². The predicted octanol–water partition coefficient (Wildman–Crippen LogP) is 5.72. The van der Waals surface area contributed by atoms with Gasteiger partial charge in [-0.3, -0.25) is 4.68 Å². The normalized spacial score (nSPS) is 11.9. The quantitative estimate of drug-likeness (QED) is 0.412. The molecule has 2 aromatic heterocycles. The minimum absolute atomic E-state index is 0.127. The number of fused-ring (bicyclic) bond motifs is 1. The molecule has 4 aromatic rings. The Kier molecular flexibility index (Phi) is 4.91. The van der Waals surface area contributed by atoms with Crippen LogP contribution in [0.5, 0.6) is 5.75 Å². The number of aromatic nitrogens is 4. The molecule has 0 atom stereocenters. The zero-order valence-electron chi connectivity index (χ0n) is 15.1. The summed E-state index contributed by atoms with van der Waals surface area (Å²) in [5.74, 6) is -0.0312. The maximum atomic E-state index is 12.4. The average molecular weight is 423 g/mol. The second-order valence-corrected chi connectivity index (χ2v) is 6.66. The number of ether oxygens (including phenoxy) is 1. The highest BCUT2D eigenvalue weighted by Gasteiger charge is 2.32. The molecule has 0 aliphatic heterocycles. The molecule has 0 N–H and O–H groups in total. The summed E-state index contributed by atoms with van der Waals surface area (Å²) in [6.45, 7) is 2.90. The van der Waals surface area contributed by atoms with Crippen LogP contribution in [0, 0.1) is 0 Å². The molecule has 10 heteroatoms. The minimum Gasteiger partial charge on any atom is -0.404 e. The van der Waals surface area contributed by atoms with Crippen molar-refractivity contribution >= 4 is 22.5 Å². The number of rotatable bonds is 5. The summed E-state index contributed by atoms with van der Waals surface area (Å²) in [6.07, 6.45) is -2.08. The van der Waals surface area contributed by atoms with Gasteiger partial charge in [-0.1, -0.05) is 23.7 Å². The lowest BCUT2D eigenvalue weighted by Crippen LogP contribution is -2.17. The second-order valence-electron chi connectivity index (χ2n) is 6.26. The second kappa shape index (κ2) is 7.40. The van der Waals surface area contributed by atoms with E-state index in [4.69, 9.17) is 16.1 Å². The molecule has 150 valence electrons. The summed E-state index contributed by atoms with van der Waals surface area (Å²) >= 11 is 5.88. The largest absolute Gasteiger partial charge is 0.573 e. The van der Waals surface area contributed by atoms with E-state index in [-0.39, 0.29) is 10.9 Å². The van der Waals surface area contributed by atoms with Crippen molar-refractivity contribution in [3.05, 3.63) is 47.6 Å². The average Bonchev–Trinajstić information content (AvgIpc) is 3.30. The molecule has 4 rings (SSSR count). The van der Waals surface area contributed by atoms with Crippen LogP contribution in [-0.4, -0.2) is 26.3 Å². The van der Waals surface area contributed by atoms with Crippen molar-refractivity contribution in [2.75, 3.05) is 0 Å². The Labute approximate surface area is 167 Å². The predicted molar refractivity (Wildman–Crippen MR) is 100 cm³/mol. The zero-order chi connectivity index (χ0) is 20.6. The van der Waals surface area contributed by atoms with E-state index in [0.29, 0.717) is 11.4 Å². The molecule has 0 bridgehead atoms. The SMILES string of the molecule is CCCn1ncc2cc(-c3noc(-c4ccc(OC(F)(F)F)c(Cl)c4)n3)ccc21. The van der Waals surface area contributed by atoms with E-state index in [1.54, 1.807) is 6.20 Å². The first-order valence-electron chi connectivity index (χ1n) is 8.69. The van der Waals surface area contributed by atoms with Crippen molar-refractivity contribution < 1.29 is 22.4 Å². The minimum atomic E-state index is -4.83. The Morgan fingerprint density at radius 3 is 2.66 bits per heavy atom. The van der Waals surface area contributed by atoms with E-state index < -0.39 is 12.1 Å². The standard InChI is InChI=1S/C19H14ClF3N4O2/c1-2-7-27-15-5-3-11(8-13(15)10-24-27)17-25-18(29-26-17)12-4-6-16(14(20)9-12)28-19(21,22)23/h3-6,8-10H,2,7H2,1H3. The number of hydrogen-bond donors (Lipinski definition) is 0. The summed E-state index contributed by atoms with van der Waals surface area (Å²) in [4.78, 5) is 4.32. The first kappa shape index (κ1) is 19.3. The van der Waals surface area contributed by atoms with Crippen LogP contribution in [0.15, 0.2) is 47.1 Å². The first-order valence-corrected chi connectivity index (χ1v) is 9.07. The number of alkyl halides is 3. The van der Waals surface area contributed by atoms with Gasteiger partial charge in [-0.2, -0.15) is 10.1 Å². The van der Waals surface area contributed by atoms with Gasteiger partial charge in [0.25, 0.3) is 5.89 Å². The molecule has 0 spiro atoms. The molecular formula is C19H14ClF3N4O2. The van der Waals surface area contributed by atoms with Crippen LogP contribution < -0.4 is 4.74 Å². The molecule has 0 saturated carbocycles. The van der Waals surface area contributed by atoms with E-state index in [9.17, 15) is 13.2 Å². The molecule has 0 saturated heterocycles. The lowest BCUT2D eigenvalue weighted by molar-refractivity contribution is -0.274. The van der Waals surface area contributed by atoms with Crippen LogP contribution in [0.2, 0.25) is 5.02 Å². The third-order valence-corrected chi connectivity index (χ3v) is 4.46.